The van der Waals surface area contributed by atoms with Gasteiger partial charge in [0.05, 0.1) is 47.1 Å². The van der Waals surface area contributed by atoms with Gasteiger partial charge >= 0.3 is 0 Å². The summed E-state index contributed by atoms with van der Waals surface area (Å²) < 4.78 is 30.1. The standard InChI is InChI=1S/C24H30N6O4S/c1-7-34-20-15-25-14-18(28-20)16-8-10-17(11-9-16)27-21(31)24(5,6)19-12-13-26-22(29-19)30(35(32)33)23(2,3)4/h8-15H,7H2,1-6H3,(H,27,31)(H,32,33)/p-1. The van der Waals surface area contributed by atoms with Crippen molar-refractivity contribution in [1.29, 1.82) is 0 Å². The first-order valence-electron chi connectivity index (χ1n) is 11.0. The molecule has 0 spiro atoms. The number of ether oxygens (including phenoxy) is 1. The maximum Gasteiger partial charge on any atom is 0.237 e. The second kappa shape index (κ2) is 10.4. The minimum absolute atomic E-state index is 0.00366. The van der Waals surface area contributed by atoms with Gasteiger partial charge in [-0.1, -0.05) is 12.1 Å². The summed E-state index contributed by atoms with van der Waals surface area (Å²) in [5.74, 6) is 0.140. The van der Waals surface area contributed by atoms with E-state index in [1.807, 2.05) is 19.1 Å². The Balaban J connectivity index is 1.80. The molecule has 3 rings (SSSR count). The van der Waals surface area contributed by atoms with Crippen molar-refractivity contribution in [3.63, 3.8) is 0 Å². The summed E-state index contributed by atoms with van der Waals surface area (Å²) in [7, 11) is 0. The van der Waals surface area contributed by atoms with Crippen LogP contribution in [-0.4, -0.2) is 46.8 Å². The molecule has 0 radical (unpaired) electrons. The highest BCUT2D eigenvalue weighted by Gasteiger charge is 2.33. The Bertz CT molecular complexity index is 1210. The van der Waals surface area contributed by atoms with E-state index in [1.165, 1.54) is 6.20 Å². The monoisotopic (exact) mass is 497 g/mol. The molecule has 1 amide bonds. The van der Waals surface area contributed by atoms with Crippen molar-refractivity contribution in [2.75, 3.05) is 16.2 Å². The summed E-state index contributed by atoms with van der Waals surface area (Å²) in [6, 6.07) is 8.80. The van der Waals surface area contributed by atoms with Crippen molar-refractivity contribution in [3.8, 4) is 17.1 Å². The Labute approximate surface area is 207 Å². The second-order valence-corrected chi connectivity index (χ2v) is 10.1. The van der Waals surface area contributed by atoms with Gasteiger partial charge in [0, 0.05) is 23.0 Å². The van der Waals surface area contributed by atoms with E-state index in [0.29, 0.717) is 29.6 Å². The zero-order valence-electron chi connectivity index (χ0n) is 20.6. The lowest BCUT2D eigenvalue weighted by Crippen LogP contribution is -2.44. The van der Waals surface area contributed by atoms with Crippen LogP contribution in [0.2, 0.25) is 0 Å². The summed E-state index contributed by atoms with van der Waals surface area (Å²) in [4.78, 5) is 30.3. The van der Waals surface area contributed by atoms with Gasteiger partial charge in [-0.25, -0.2) is 15.0 Å². The van der Waals surface area contributed by atoms with Crippen LogP contribution in [-0.2, 0) is 21.5 Å². The number of nitrogens with zero attached hydrogens (tertiary/aromatic N) is 5. The van der Waals surface area contributed by atoms with Crippen molar-refractivity contribution in [1.82, 2.24) is 19.9 Å². The maximum absolute atomic E-state index is 13.2. The predicted molar refractivity (Wildman–Crippen MR) is 133 cm³/mol. The molecule has 2 aromatic heterocycles. The first-order valence-corrected chi connectivity index (χ1v) is 12.1. The molecule has 1 aromatic carbocycles. The molecule has 3 aromatic rings. The minimum atomic E-state index is -2.58. The number of rotatable bonds is 8. The van der Waals surface area contributed by atoms with Gasteiger partial charge in [-0.3, -0.25) is 18.3 Å². The molecule has 0 saturated carbocycles. The zero-order valence-corrected chi connectivity index (χ0v) is 21.4. The van der Waals surface area contributed by atoms with Crippen molar-refractivity contribution in [3.05, 3.63) is 54.6 Å². The van der Waals surface area contributed by atoms with Crippen LogP contribution in [0, 0.1) is 0 Å². The van der Waals surface area contributed by atoms with Gasteiger partial charge in [0.15, 0.2) is 0 Å². The maximum atomic E-state index is 13.2. The molecule has 186 valence electrons. The summed E-state index contributed by atoms with van der Waals surface area (Å²) in [6.07, 6.45) is 4.64. The fraction of sp³-hybridized carbons (Fsp3) is 0.375. The van der Waals surface area contributed by atoms with E-state index < -0.39 is 22.2 Å². The molecule has 2 heterocycles. The van der Waals surface area contributed by atoms with Crippen LogP contribution in [0.5, 0.6) is 5.88 Å². The van der Waals surface area contributed by atoms with E-state index >= 15 is 0 Å². The molecule has 0 saturated heterocycles. The van der Waals surface area contributed by atoms with E-state index in [-0.39, 0.29) is 11.9 Å². The topological polar surface area (TPSA) is 133 Å². The lowest BCUT2D eigenvalue weighted by atomic mass is 9.88. The van der Waals surface area contributed by atoms with E-state index in [0.717, 1.165) is 9.87 Å². The van der Waals surface area contributed by atoms with E-state index in [1.54, 1.807) is 65.2 Å². The van der Waals surface area contributed by atoms with Crippen molar-refractivity contribution in [2.45, 2.75) is 52.5 Å². The fourth-order valence-corrected chi connectivity index (χ4v) is 3.89. The van der Waals surface area contributed by atoms with Gasteiger partial charge in [0.1, 0.15) is 0 Å². The number of carbonyl (C=O) groups is 1. The van der Waals surface area contributed by atoms with E-state index in [4.69, 9.17) is 4.74 Å². The largest absolute Gasteiger partial charge is 0.755 e. The Morgan fingerprint density at radius 3 is 2.37 bits per heavy atom. The smallest absolute Gasteiger partial charge is 0.237 e. The molecule has 0 aliphatic heterocycles. The van der Waals surface area contributed by atoms with Crippen LogP contribution in [0.15, 0.2) is 48.9 Å². The lowest BCUT2D eigenvalue weighted by Gasteiger charge is -2.36. The Kier molecular flexibility index (Phi) is 7.81. The SMILES string of the molecule is CCOc1cncc(-c2ccc(NC(=O)C(C)(C)c3ccnc(N(S(=O)[O-])C(C)(C)C)n3)cc2)n1. The van der Waals surface area contributed by atoms with Crippen molar-refractivity contribution in [2.24, 2.45) is 0 Å². The molecule has 35 heavy (non-hydrogen) atoms. The molecule has 1 N–H and O–H groups in total. The first kappa shape index (κ1) is 26.2. The van der Waals surface area contributed by atoms with Crippen LogP contribution in [0.1, 0.15) is 47.2 Å². The highest BCUT2D eigenvalue weighted by atomic mass is 32.2. The minimum Gasteiger partial charge on any atom is -0.755 e. The molecule has 1 atom stereocenters. The molecular weight excluding hydrogens is 468 g/mol. The first-order chi connectivity index (χ1) is 16.4. The average Bonchev–Trinajstić information content (AvgIpc) is 2.79. The lowest BCUT2D eigenvalue weighted by molar-refractivity contribution is -0.120. The molecule has 10 nitrogen and oxygen atoms in total. The Morgan fingerprint density at radius 2 is 1.77 bits per heavy atom. The number of benzene rings is 1. The molecule has 0 aliphatic carbocycles. The summed E-state index contributed by atoms with van der Waals surface area (Å²) in [6.45, 7) is 11.0. The third-order valence-corrected chi connectivity index (χ3v) is 6.14. The average molecular weight is 498 g/mol. The molecule has 0 aliphatic rings. The predicted octanol–water partition coefficient (Wildman–Crippen LogP) is 3.65. The van der Waals surface area contributed by atoms with Crippen molar-refractivity contribution < 1.29 is 18.3 Å². The molecular formula is C24H29N6O4S-. The van der Waals surface area contributed by atoms with Crippen molar-refractivity contribution >= 4 is 28.8 Å². The van der Waals surface area contributed by atoms with Gasteiger partial charge in [0.25, 0.3) is 0 Å². The molecule has 0 bridgehead atoms. The quantitative estimate of drug-likeness (QED) is 0.466. The third-order valence-electron chi connectivity index (χ3n) is 5.13. The summed E-state index contributed by atoms with van der Waals surface area (Å²) in [5.41, 5.74) is 0.617. The van der Waals surface area contributed by atoms with Gasteiger partial charge in [0.2, 0.25) is 17.7 Å². The number of nitrogens with one attached hydrogen (secondary N) is 1. The summed E-state index contributed by atoms with van der Waals surface area (Å²) >= 11 is -2.58. The van der Waals surface area contributed by atoms with Gasteiger partial charge < -0.3 is 14.6 Å². The number of amides is 1. The second-order valence-electron chi connectivity index (χ2n) is 9.26. The molecule has 1 unspecified atom stereocenters. The van der Waals surface area contributed by atoms with Crippen LogP contribution in [0.25, 0.3) is 11.3 Å². The Hall–Kier alpha value is -3.44. The fourth-order valence-electron chi connectivity index (χ4n) is 3.22. The molecule has 0 fully saturated rings. The third kappa shape index (κ3) is 6.17. The Morgan fingerprint density at radius 1 is 1.09 bits per heavy atom. The zero-order chi connectivity index (χ0) is 25.8. The normalized spacial score (nSPS) is 12.7. The van der Waals surface area contributed by atoms with Crippen LogP contribution >= 0.6 is 0 Å². The van der Waals surface area contributed by atoms with Gasteiger partial charge in [-0.05, 0) is 59.7 Å². The number of anilines is 2. The van der Waals surface area contributed by atoms with Crippen LogP contribution in [0.4, 0.5) is 11.6 Å². The van der Waals surface area contributed by atoms with Crippen LogP contribution < -0.4 is 14.4 Å². The van der Waals surface area contributed by atoms with E-state index in [9.17, 15) is 13.6 Å². The highest BCUT2D eigenvalue weighted by molar-refractivity contribution is 7.80. The number of hydrogen-bond donors (Lipinski definition) is 1. The molecule has 11 heteroatoms. The van der Waals surface area contributed by atoms with E-state index in [2.05, 4.69) is 25.3 Å². The van der Waals surface area contributed by atoms with Gasteiger partial charge in [-0.15, -0.1) is 0 Å². The van der Waals surface area contributed by atoms with Gasteiger partial charge in [-0.2, -0.15) is 0 Å². The summed E-state index contributed by atoms with van der Waals surface area (Å²) in [5, 5.41) is 2.90. The number of hydrogen-bond acceptors (Lipinski definition) is 8. The van der Waals surface area contributed by atoms with Crippen LogP contribution in [0.3, 0.4) is 0 Å². The number of aromatic nitrogens is 4. The number of carbonyl (C=O) groups excluding carboxylic acids is 1. The highest BCUT2D eigenvalue weighted by Crippen LogP contribution is 2.28.